The van der Waals surface area contributed by atoms with Crippen molar-refractivity contribution in [1.29, 1.82) is 0 Å². The number of carboxylic acid groups (broad SMARTS) is 2. The van der Waals surface area contributed by atoms with Crippen molar-refractivity contribution in [3.63, 3.8) is 0 Å². The third-order valence-corrected chi connectivity index (χ3v) is 7.82. The molecule has 13 nitrogen and oxygen atoms in total. The zero-order chi connectivity index (χ0) is 32.6. The molecule has 3 aliphatic rings. The van der Waals surface area contributed by atoms with Crippen molar-refractivity contribution in [2.24, 2.45) is 5.10 Å². The summed E-state index contributed by atoms with van der Waals surface area (Å²) in [5.41, 5.74) is 1.25. The Bertz CT molecular complexity index is 1380. The first-order valence-electron chi connectivity index (χ1n) is 14.6. The fraction of sp³-hybridized carbons (Fsp3) is 0.517. The van der Waals surface area contributed by atoms with Crippen LogP contribution in [-0.2, 0) is 27.0 Å². The van der Waals surface area contributed by atoms with Gasteiger partial charge in [0.05, 0.1) is 0 Å². The van der Waals surface area contributed by atoms with Crippen molar-refractivity contribution in [1.82, 2.24) is 29.6 Å². The van der Waals surface area contributed by atoms with Gasteiger partial charge in [-0.3, -0.25) is 9.69 Å². The number of carboxylic acids is 2. The van der Waals surface area contributed by atoms with Crippen molar-refractivity contribution in [2.75, 3.05) is 52.4 Å². The monoisotopic (exact) mass is 635 g/mol. The topological polar surface area (TPSA) is 154 Å². The third kappa shape index (κ3) is 9.51. The normalized spacial score (nSPS) is 17.7. The summed E-state index contributed by atoms with van der Waals surface area (Å²) in [5.74, 6) is -1.29. The van der Waals surface area contributed by atoms with Crippen LogP contribution >= 0.6 is 0 Å². The Balaban J connectivity index is 0.000000510. The highest BCUT2D eigenvalue weighted by Crippen LogP contribution is 2.32. The van der Waals surface area contributed by atoms with E-state index >= 15 is 0 Å². The summed E-state index contributed by atoms with van der Waals surface area (Å²) in [6, 6.07) is 8.23. The lowest BCUT2D eigenvalue weighted by molar-refractivity contribution is -0.147. The van der Waals surface area contributed by atoms with Crippen molar-refractivity contribution in [2.45, 2.75) is 44.7 Å². The molecule has 0 atom stereocenters. The number of hydrogen-bond acceptors (Lipinski definition) is 9. The summed E-state index contributed by atoms with van der Waals surface area (Å²) >= 11 is 0. The van der Waals surface area contributed by atoms with Gasteiger partial charge in [-0.2, -0.15) is 22.9 Å². The number of hydrogen-bond donors (Lipinski definition) is 2. The van der Waals surface area contributed by atoms with Crippen molar-refractivity contribution >= 4 is 23.7 Å². The maximum absolute atomic E-state index is 13.2. The van der Waals surface area contributed by atoms with Gasteiger partial charge in [0, 0.05) is 77.7 Å². The molecule has 3 aliphatic heterocycles. The number of benzene rings is 1. The standard InChI is InChI=1S/C25H32F3N7O2.C4H4O4/c1-18(36)33-14-12-32(13-15-33)16-17-37-21-4-2-19(3-5-21)20-8-10-34(11-9-20)23-7-6-22-29-30-24(25(26,27)28)35(22)31-23;5-3(6)1-2-4(7)8/h2-5,20H,6-17H2,1H3;1-2H,(H,5,6)(H,7,8)/b;2-1+. The number of alkyl halides is 3. The smallest absolute Gasteiger partial charge is 0.453 e. The molecule has 1 aromatic heterocycles. The maximum atomic E-state index is 13.2. The van der Waals surface area contributed by atoms with Crippen LogP contribution in [-0.4, -0.2) is 116 Å². The number of carbonyl (C=O) groups excluding carboxylic acids is 1. The minimum atomic E-state index is -4.58. The van der Waals surface area contributed by atoms with Crippen LogP contribution in [0.25, 0.3) is 0 Å². The highest BCUT2D eigenvalue weighted by atomic mass is 19.4. The fourth-order valence-electron chi connectivity index (χ4n) is 5.39. The molecular weight excluding hydrogens is 599 g/mol. The lowest BCUT2D eigenvalue weighted by Crippen LogP contribution is -2.48. The second kappa shape index (κ2) is 15.0. The van der Waals surface area contributed by atoms with Crippen LogP contribution in [0.15, 0.2) is 41.5 Å². The minimum Gasteiger partial charge on any atom is -0.492 e. The van der Waals surface area contributed by atoms with Gasteiger partial charge in [0.2, 0.25) is 5.91 Å². The van der Waals surface area contributed by atoms with E-state index in [1.807, 2.05) is 17.0 Å². The molecule has 5 rings (SSSR count). The Kier molecular flexibility index (Phi) is 11.1. The van der Waals surface area contributed by atoms with Gasteiger partial charge in [0.15, 0.2) is 5.82 Å². The fourth-order valence-corrected chi connectivity index (χ4v) is 5.39. The number of likely N-dealkylation sites (tertiary alicyclic amines) is 1. The lowest BCUT2D eigenvalue weighted by Gasteiger charge is -2.35. The molecule has 45 heavy (non-hydrogen) atoms. The summed E-state index contributed by atoms with van der Waals surface area (Å²) in [7, 11) is 0. The van der Waals surface area contributed by atoms with Gasteiger partial charge >= 0.3 is 18.1 Å². The molecule has 0 spiro atoms. The second-order valence-electron chi connectivity index (χ2n) is 10.8. The van der Waals surface area contributed by atoms with E-state index in [1.54, 1.807) is 6.92 Å². The van der Waals surface area contributed by atoms with E-state index in [9.17, 15) is 27.6 Å². The van der Waals surface area contributed by atoms with Crippen molar-refractivity contribution < 1.29 is 42.5 Å². The average molecular weight is 636 g/mol. The molecule has 4 heterocycles. The highest BCUT2D eigenvalue weighted by molar-refractivity contribution is 5.89. The number of piperidine rings is 1. The number of nitrogens with zero attached hydrogens (tertiary/aromatic N) is 7. The van der Waals surface area contributed by atoms with Gasteiger partial charge in [-0.15, -0.1) is 10.2 Å². The molecule has 2 fully saturated rings. The Morgan fingerprint density at radius 1 is 0.933 bits per heavy atom. The number of halogens is 3. The van der Waals surface area contributed by atoms with E-state index in [1.165, 1.54) is 5.56 Å². The van der Waals surface area contributed by atoms with Gasteiger partial charge in [-0.25, -0.2) is 9.59 Å². The largest absolute Gasteiger partial charge is 0.492 e. The molecule has 2 aromatic rings. The Labute approximate surface area is 257 Å². The number of rotatable bonds is 7. The zero-order valence-electron chi connectivity index (χ0n) is 24.8. The molecular formula is C29H36F3N7O6. The summed E-state index contributed by atoms with van der Waals surface area (Å²) in [6.07, 6.45) is -0.674. The summed E-state index contributed by atoms with van der Waals surface area (Å²) in [4.78, 5) is 36.8. The number of carbonyl (C=O) groups is 3. The van der Waals surface area contributed by atoms with Crippen molar-refractivity contribution in [3.05, 3.63) is 53.6 Å². The Morgan fingerprint density at radius 3 is 2.11 bits per heavy atom. The van der Waals surface area contributed by atoms with Crippen LogP contribution in [0.3, 0.4) is 0 Å². The van der Waals surface area contributed by atoms with Crippen LogP contribution in [0.2, 0.25) is 0 Å². The molecule has 2 N–H and O–H groups in total. The summed E-state index contributed by atoms with van der Waals surface area (Å²) in [6.45, 7) is 7.82. The van der Waals surface area contributed by atoms with Gasteiger partial charge in [-0.1, -0.05) is 12.1 Å². The Morgan fingerprint density at radius 2 is 1.56 bits per heavy atom. The first-order chi connectivity index (χ1) is 21.4. The quantitative estimate of drug-likeness (QED) is 0.434. The predicted octanol–water partition coefficient (Wildman–Crippen LogP) is 2.54. The molecule has 0 radical (unpaired) electrons. The number of aryl methyl sites for hydroxylation is 1. The van der Waals surface area contributed by atoms with E-state index in [-0.39, 0.29) is 11.7 Å². The maximum Gasteiger partial charge on any atom is 0.453 e. The number of piperazine rings is 1. The minimum absolute atomic E-state index is 0.134. The summed E-state index contributed by atoms with van der Waals surface area (Å²) < 4.78 is 46.4. The molecule has 244 valence electrons. The van der Waals surface area contributed by atoms with Gasteiger partial charge in [0.1, 0.15) is 18.2 Å². The second-order valence-corrected chi connectivity index (χ2v) is 10.8. The SMILES string of the molecule is CC(=O)N1CCN(CCOc2ccc(C3CCN(C4=Nn5c(nnc5C(F)(F)F)CC4)CC3)cc2)CC1.O=C(O)/C=C/C(=O)O. The molecule has 0 aliphatic carbocycles. The van der Waals surface area contributed by atoms with Crippen LogP contribution in [0.4, 0.5) is 13.2 Å². The van der Waals surface area contributed by atoms with Crippen LogP contribution in [0.5, 0.6) is 5.75 Å². The highest BCUT2D eigenvalue weighted by Gasteiger charge is 2.40. The molecule has 1 amide bonds. The van der Waals surface area contributed by atoms with Crippen LogP contribution in [0, 0.1) is 0 Å². The predicted molar refractivity (Wildman–Crippen MR) is 155 cm³/mol. The number of amides is 1. The zero-order valence-corrected chi connectivity index (χ0v) is 24.8. The van der Waals surface area contributed by atoms with Crippen LogP contribution in [0.1, 0.15) is 49.3 Å². The van der Waals surface area contributed by atoms with Gasteiger partial charge in [0.25, 0.3) is 5.82 Å². The van der Waals surface area contributed by atoms with Crippen molar-refractivity contribution in [3.8, 4) is 5.75 Å². The number of ether oxygens (including phenoxy) is 1. The molecule has 0 saturated carbocycles. The Hall–Kier alpha value is -4.47. The van der Waals surface area contributed by atoms with E-state index in [0.29, 0.717) is 43.4 Å². The van der Waals surface area contributed by atoms with E-state index in [2.05, 4.69) is 37.2 Å². The van der Waals surface area contributed by atoms with Gasteiger partial charge < -0.3 is 24.7 Å². The number of aromatic nitrogens is 3. The number of aliphatic carboxylic acids is 2. The molecule has 1 aromatic carbocycles. The lowest BCUT2D eigenvalue weighted by atomic mass is 9.89. The molecule has 0 unspecified atom stereocenters. The van der Waals surface area contributed by atoms with E-state index < -0.39 is 23.9 Å². The van der Waals surface area contributed by atoms with E-state index in [0.717, 1.165) is 69.1 Å². The third-order valence-electron chi connectivity index (χ3n) is 7.82. The average Bonchev–Trinajstić information content (AvgIpc) is 3.45. The molecule has 2 saturated heterocycles. The van der Waals surface area contributed by atoms with E-state index in [4.69, 9.17) is 14.9 Å². The van der Waals surface area contributed by atoms with Crippen LogP contribution < -0.4 is 4.74 Å². The first-order valence-corrected chi connectivity index (χ1v) is 14.6. The summed E-state index contributed by atoms with van der Waals surface area (Å²) in [5, 5.41) is 26.8. The molecule has 16 heteroatoms. The first kappa shape index (κ1) is 33.4. The molecule has 0 bridgehead atoms. The number of amidine groups is 1. The van der Waals surface area contributed by atoms with Gasteiger partial charge in [-0.05, 0) is 36.5 Å². The number of fused-ring (bicyclic) bond motifs is 1.